The Bertz CT molecular complexity index is 535. The van der Waals surface area contributed by atoms with Gasteiger partial charge in [-0.15, -0.1) is 0 Å². The van der Waals surface area contributed by atoms with E-state index in [1.807, 2.05) is 44.2 Å². The van der Waals surface area contributed by atoms with Gasteiger partial charge in [-0.05, 0) is 12.5 Å². The Morgan fingerprint density at radius 3 is 2.55 bits per heavy atom. The van der Waals surface area contributed by atoms with Crippen LogP contribution in [0.1, 0.15) is 36.7 Å². The molecule has 108 valence electrons. The number of ether oxygens (including phenoxy) is 1. The van der Waals surface area contributed by atoms with Gasteiger partial charge in [-0.25, -0.2) is 9.48 Å². The molecule has 2 rings (SSSR count). The Balaban J connectivity index is 0.000000956. The molecule has 20 heavy (non-hydrogen) atoms. The first-order chi connectivity index (χ1) is 9.72. The second-order valence-corrected chi connectivity index (χ2v) is 3.81. The normalized spacial score (nSPS) is 9.55. The summed E-state index contributed by atoms with van der Waals surface area (Å²) < 4.78 is 6.48. The zero-order valence-corrected chi connectivity index (χ0v) is 12.2. The highest BCUT2D eigenvalue weighted by molar-refractivity contribution is 5.93. The summed E-state index contributed by atoms with van der Waals surface area (Å²) in [6.07, 6.45) is 1.44. The summed E-state index contributed by atoms with van der Waals surface area (Å²) in [6, 6.07) is 9.79. The number of nitrogens with zero attached hydrogens (tertiary/aromatic N) is 2. The topological polar surface area (TPSA) is 70.1 Å². The first kappa shape index (κ1) is 15.8. The highest BCUT2D eigenvalue weighted by atomic mass is 16.5. The van der Waals surface area contributed by atoms with Gasteiger partial charge in [0.15, 0.2) is 0 Å². The number of benzene rings is 1. The van der Waals surface area contributed by atoms with Crippen LogP contribution in [0.15, 0.2) is 36.5 Å². The van der Waals surface area contributed by atoms with Gasteiger partial charge in [0.1, 0.15) is 11.4 Å². The van der Waals surface area contributed by atoms with Gasteiger partial charge in [-0.1, -0.05) is 44.2 Å². The maximum atomic E-state index is 11.6. The van der Waals surface area contributed by atoms with Crippen LogP contribution >= 0.6 is 0 Å². The lowest BCUT2D eigenvalue weighted by Crippen LogP contribution is -2.10. The van der Waals surface area contributed by atoms with Crippen LogP contribution in [0.4, 0.5) is 5.82 Å². The van der Waals surface area contributed by atoms with E-state index in [0.29, 0.717) is 24.5 Å². The third-order valence-electron chi connectivity index (χ3n) is 2.55. The maximum Gasteiger partial charge on any atom is 0.343 e. The second kappa shape index (κ2) is 7.99. The lowest BCUT2D eigenvalue weighted by molar-refractivity contribution is 0.0527. The lowest BCUT2D eigenvalue weighted by Gasteiger charge is -2.05. The van der Waals surface area contributed by atoms with Gasteiger partial charge < -0.3 is 10.5 Å². The number of carbonyl (C=O) groups is 1. The predicted molar refractivity (Wildman–Crippen MR) is 79.5 cm³/mol. The fourth-order valence-electron chi connectivity index (χ4n) is 1.64. The molecule has 0 spiro atoms. The Kier molecular flexibility index (Phi) is 6.29. The van der Waals surface area contributed by atoms with E-state index < -0.39 is 5.97 Å². The van der Waals surface area contributed by atoms with Gasteiger partial charge >= 0.3 is 5.97 Å². The van der Waals surface area contributed by atoms with Crippen LogP contribution in [0.2, 0.25) is 0 Å². The van der Waals surface area contributed by atoms with Crippen LogP contribution in [0.5, 0.6) is 0 Å². The number of aromatic nitrogens is 2. The maximum absolute atomic E-state index is 11.6. The summed E-state index contributed by atoms with van der Waals surface area (Å²) in [5, 5.41) is 4.11. The number of esters is 1. The third-order valence-corrected chi connectivity index (χ3v) is 2.55. The van der Waals surface area contributed by atoms with E-state index in [1.54, 1.807) is 11.6 Å². The van der Waals surface area contributed by atoms with Crippen molar-refractivity contribution in [2.45, 2.75) is 27.3 Å². The average Bonchev–Trinajstić information content (AvgIpc) is 2.84. The third kappa shape index (κ3) is 3.85. The summed E-state index contributed by atoms with van der Waals surface area (Å²) in [5.41, 5.74) is 7.27. The molecule has 2 N–H and O–H groups in total. The van der Waals surface area contributed by atoms with E-state index in [0.717, 1.165) is 5.56 Å². The zero-order chi connectivity index (χ0) is 15.0. The molecule has 0 saturated heterocycles. The van der Waals surface area contributed by atoms with Gasteiger partial charge in [0.25, 0.3) is 0 Å². The van der Waals surface area contributed by atoms with E-state index >= 15 is 0 Å². The molecule has 0 aliphatic heterocycles. The van der Waals surface area contributed by atoms with Gasteiger partial charge in [0.05, 0.1) is 19.3 Å². The van der Waals surface area contributed by atoms with Crippen molar-refractivity contribution in [1.29, 1.82) is 0 Å². The van der Waals surface area contributed by atoms with Crippen molar-refractivity contribution < 1.29 is 9.53 Å². The smallest absolute Gasteiger partial charge is 0.343 e. The molecular weight excluding hydrogens is 254 g/mol. The quantitative estimate of drug-likeness (QED) is 0.871. The number of nitrogen functional groups attached to an aromatic ring is 1. The van der Waals surface area contributed by atoms with Crippen LogP contribution in [0.3, 0.4) is 0 Å². The molecule has 0 saturated carbocycles. The van der Waals surface area contributed by atoms with Crippen molar-refractivity contribution in [1.82, 2.24) is 9.78 Å². The van der Waals surface area contributed by atoms with Crippen LogP contribution < -0.4 is 5.73 Å². The molecule has 0 bridgehead atoms. The van der Waals surface area contributed by atoms with Crippen LogP contribution in [-0.2, 0) is 11.3 Å². The minimum absolute atomic E-state index is 0.313. The van der Waals surface area contributed by atoms with E-state index in [-0.39, 0.29) is 0 Å². The van der Waals surface area contributed by atoms with Crippen molar-refractivity contribution >= 4 is 11.8 Å². The monoisotopic (exact) mass is 275 g/mol. The number of rotatable bonds is 4. The van der Waals surface area contributed by atoms with Crippen LogP contribution in [-0.4, -0.2) is 22.4 Å². The first-order valence-electron chi connectivity index (χ1n) is 6.74. The van der Waals surface area contributed by atoms with Crippen molar-refractivity contribution in [3.63, 3.8) is 0 Å². The minimum atomic E-state index is -0.436. The molecule has 0 aliphatic rings. The highest BCUT2D eigenvalue weighted by Crippen LogP contribution is 2.14. The Morgan fingerprint density at radius 1 is 1.30 bits per heavy atom. The molecule has 1 heterocycles. The Labute approximate surface area is 119 Å². The number of hydrogen-bond acceptors (Lipinski definition) is 4. The fourth-order valence-corrected chi connectivity index (χ4v) is 1.64. The number of nitrogens with two attached hydrogens (primary N) is 1. The van der Waals surface area contributed by atoms with E-state index in [2.05, 4.69) is 5.10 Å². The van der Waals surface area contributed by atoms with Gasteiger partial charge in [0.2, 0.25) is 0 Å². The van der Waals surface area contributed by atoms with Gasteiger partial charge in [-0.3, -0.25) is 0 Å². The second-order valence-electron chi connectivity index (χ2n) is 3.81. The molecule has 0 unspecified atom stereocenters. The zero-order valence-electron chi connectivity index (χ0n) is 12.2. The summed E-state index contributed by atoms with van der Waals surface area (Å²) >= 11 is 0. The van der Waals surface area contributed by atoms with Gasteiger partial charge in [0, 0.05) is 0 Å². The van der Waals surface area contributed by atoms with E-state index in [4.69, 9.17) is 10.5 Å². The number of anilines is 1. The molecule has 0 aliphatic carbocycles. The van der Waals surface area contributed by atoms with E-state index in [1.165, 1.54) is 6.20 Å². The van der Waals surface area contributed by atoms with Crippen molar-refractivity contribution in [2.24, 2.45) is 0 Å². The molecule has 2 aromatic rings. The largest absolute Gasteiger partial charge is 0.462 e. The number of carbonyl (C=O) groups excluding carboxylic acids is 1. The molecule has 1 aromatic carbocycles. The minimum Gasteiger partial charge on any atom is -0.462 e. The predicted octanol–water partition coefficient (Wildman–Crippen LogP) is 2.72. The van der Waals surface area contributed by atoms with Crippen molar-refractivity contribution in [2.75, 3.05) is 12.3 Å². The number of hydrogen-bond donors (Lipinski definition) is 1. The standard InChI is InChI=1S/C13H15N3O2.C2H6/c1-2-18-13(17)11-8-15-16(12(11)14)9-10-6-4-3-5-7-10;1-2/h3-8H,2,9,14H2,1H3;1-2H3. The Morgan fingerprint density at radius 2 is 1.95 bits per heavy atom. The highest BCUT2D eigenvalue weighted by Gasteiger charge is 2.15. The molecule has 0 amide bonds. The molecule has 0 atom stereocenters. The van der Waals surface area contributed by atoms with Crippen LogP contribution in [0.25, 0.3) is 0 Å². The summed E-state index contributed by atoms with van der Waals surface area (Å²) in [7, 11) is 0. The van der Waals surface area contributed by atoms with Crippen molar-refractivity contribution in [3.05, 3.63) is 47.7 Å². The fraction of sp³-hybridized carbons (Fsp3) is 0.333. The molecular formula is C15H21N3O2. The summed E-state index contributed by atoms with van der Waals surface area (Å²) in [6.45, 7) is 6.61. The molecule has 5 nitrogen and oxygen atoms in total. The van der Waals surface area contributed by atoms with Crippen LogP contribution in [0, 0.1) is 0 Å². The Hall–Kier alpha value is -2.30. The van der Waals surface area contributed by atoms with E-state index in [9.17, 15) is 4.79 Å². The molecule has 0 radical (unpaired) electrons. The molecule has 5 heteroatoms. The lowest BCUT2D eigenvalue weighted by atomic mass is 10.2. The molecule has 0 fully saturated rings. The summed E-state index contributed by atoms with van der Waals surface area (Å²) in [5.74, 6) is -0.105. The average molecular weight is 275 g/mol. The molecule has 1 aromatic heterocycles. The van der Waals surface area contributed by atoms with Gasteiger partial charge in [-0.2, -0.15) is 5.10 Å². The van der Waals surface area contributed by atoms with Crippen molar-refractivity contribution in [3.8, 4) is 0 Å². The first-order valence-corrected chi connectivity index (χ1v) is 6.74. The SMILES string of the molecule is CC.CCOC(=O)c1cnn(Cc2ccccc2)c1N. The summed E-state index contributed by atoms with van der Waals surface area (Å²) in [4.78, 5) is 11.6.